The van der Waals surface area contributed by atoms with E-state index in [1.54, 1.807) is 0 Å². The highest BCUT2D eigenvalue weighted by Crippen LogP contribution is 2.08. The number of aliphatic hydroxyl groups excluding tert-OH is 1. The quantitative estimate of drug-likeness (QED) is 0.332. The predicted molar refractivity (Wildman–Crippen MR) is 26.6 cm³/mol. The maximum Gasteiger partial charge on any atom is 0.343 e. The Balaban J connectivity index is 2.77. The van der Waals surface area contributed by atoms with Crippen LogP contribution in [0, 0.1) is 0 Å². The number of ether oxygens (including phenoxy) is 1. The summed E-state index contributed by atoms with van der Waals surface area (Å²) in [6.45, 7) is 1.43. The molecule has 1 heterocycles. The van der Waals surface area contributed by atoms with Crippen LogP contribution in [-0.4, -0.2) is 29.1 Å². The van der Waals surface area contributed by atoms with Crippen molar-refractivity contribution >= 4 is 11.8 Å². The van der Waals surface area contributed by atoms with E-state index < -0.39 is 24.0 Å². The third kappa shape index (κ3) is 0.810. The van der Waals surface area contributed by atoms with Crippen molar-refractivity contribution in [3.63, 3.8) is 0 Å². The zero-order valence-electron chi connectivity index (χ0n) is 4.83. The Morgan fingerprint density at radius 2 is 2.11 bits per heavy atom. The van der Waals surface area contributed by atoms with Crippen LogP contribution in [0.5, 0.6) is 0 Å². The molecule has 4 heteroatoms. The number of carbonyl (C=O) groups is 2. The summed E-state index contributed by atoms with van der Waals surface area (Å²) >= 11 is 0. The van der Waals surface area contributed by atoms with Crippen molar-refractivity contribution in [2.24, 2.45) is 0 Å². The van der Waals surface area contributed by atoms with Gasteiger partial charge in [0.25, 0.3) is 0 Å². The van der Waals surface area contributed by atoms with E-state index in [4.69, 9.17) is 5.11 Å². The summed E-state index contributed by atoms with van der Waals surface area (Å²) < 4.78 is 4.35. The molecular formula is C5H6O4. The second kappa shape index (κ2) is 1.80. The molecule has 2 atom stereocenters. The van der Waals surface area contributed by atoms with Crippen LogP contribution in [0.3, 0.4) is 0 Å². The standard InChI is InChI=1S/C5H6O4/c1-2-3(6)4(7)5(8)9-2/h2,4,7H,1H3. The maximum absolute atomic E-state index is 10.5. The molecule has 50 valence electrons. The molecule has 9 heavy (non-hydrogen) atoms. The molecule has 1 fully saturated rings. The fourth-order valence-electron chi connectivity index (χ4n) is 0.635. The molecule has 0 aliphatic carbocycles. The van der Waals surface area contributed by atoms with Gasteiger partial charge in [0, 0.05) is 0 Å². The van der Waals surface area contributed by atoms with Gasteiger partial charge in [0.1, 0.15) is 0 Å². The van der Waals surface area contributed by atoms with Crippen LogP contribution in [-0.2, 0) is 14.3 Å². The first-order valence-electron chi connectivity index (χ1n) is 2.55. The largest absolute Gasteiger partial charge is 0.452 e. The lowest BCUT2D eigenvalue weighted by atomic mass is 10.2. The molecule has 1 N–H and O–H groups in total. The molecule has 0 aromatic rings. The second-order valence-electron chi connectivity index (χ2n) is 1.88. The van der Waals surface area contributed by atoms with Crippen molar-refractivity contribution in [3.8, 4) is 0 Å². The Hall–Kier alpha value is -0.900. The predicted octanol–water partition coefficient (Wildman–Crippen LogP) is -1.14. The van der Waals surface area contributed by atoms with Crippen LogP contribution < -0.4 is 0 Å². The lowest BCUT2D eigenvalue weighted by Gasteiger charge is -1.93. The molecule has 1 aliphatic rings. The van der Waals surface area contributed by atoms with E-state index in [0.717, 1.165) is 0 Å². The molecule has 0 aromatic heterocycles. The number of hydrogen-bond acceptors (Lipinski definition) is 4. The molecule has 1 saturated heterocycles. The monoisotopic (exact) mass is 130 g/mol. The van der Waals surface area contributed by atoms with Crippen LogP contribution in [0.2, 0.25) is 0 Å². The Morgan fingerprint density at radius 3 is 2.22 bits per heavy atom. The van der Waals surface area contributed by atoms with Crippen molar-refractivity contribution in [2.45, 2.75) is 19.1 Å². The smallest absolute Gasteiger partial charge is 0.343 e. The van der Waals surface area contributed by atoms with Gasteiger partial charge in [-0.3, -0.25) is 4.79 Å². The number of aliphatic hydroxyl groups is 1. The SMILES string of the molecule is CC1OC(=O)C(O)C1=O. The molecule has 0 amide bonds. The Morgan fingerprint density at radius 1 is 1.56 bits per heavy atom. The maximum atomic E-state index is 10.5. The van der Waals surface area contributed by atoms with Gasteiger partial charge in [-0.15, -0.1) is 0 Å². The number of carbonyl (C=O) groups excluding carboxylic acids is 2. The fraction of sp³-hybridized carbons (Fsp3) is 0.600. The minimum absolute atomic E-state index is 0.556. The van der Waals surface area contributed by atoms with E-state index >= 15 is 0 Å². The van der Waals surface area contributed by atoms with E-state index in [0.29, 0.717) is 0 Å². The molecule has 2 unspecified atom stereocenters. The van der Waals surface area contributed by atoms with E-state index in [1.807, 2.05) is 0 Å². The molecule has 0 saturated carbocycles. The summed E-state index contributed by atoms with van der Waals surface area (Å²) in [6, 6.07) is 0. The lowest BCUT2D eigenvalue weighted by molar-refractivity contribution is -0.146. The van der Waals surface area contributed by atoms with Crippen molar-refractivity contribution in [1.82, 2.24) is 0 Å². The molecule has 4 nitrogen and oxygen atoms in total. The average Bonchev–Trinajstić information content (AvgIpc) is 1.98. The highest BCUT2D eigenvalue weighted by Gasteiger charge is 2.39. The third-order valence-electron chi connectivity index (χ3n) is 1.19. The average molecular weight is 130 g/mol. The Kier molecular flexibility index (Phi) is 1.25. The highest BCUT2D eigenvalue weighted by molar-refractivity contribution is 6.08. The first kappa shape index (κ1) is 6.22. The van der Waals surface area contributed by atoms with Crippen LogP contribution in [0.4, 0.5) is 0 Å². The van der Waals surface area contributed by atoms with Crippen molar-refractivity contribution in [1.29, 1.82) is 0 Å². The zero-order chi connectivity index (χ0) is 7.02. The number of esters is 1. The minimum atomic E-state index is -1.54. The Bertz CT molecular complexity index is 162. The van der Waals surface area contributed by atoms with Gasteiger partial charge in [-0.05, 0) is 6.92 Å². The topological polar surface area (TPSA) is 63.6 Å². The van der Waals surface area contributed by atoms with Crippen LogP contribution in [0.25, 0.3) is 0 Å². The summed E-state index contributed by atoms with van der Waals surface area (Å²) in [4.78, 5) is 20.8. The van der Waals surface area contributed by atoms with E-state index in [1.165, 1.54) is 6.92 Å². The number of ketones is 1. The fourth-order valence-corrected chi connectivity index (χ4v) is 0.635. The van der Waals surface area contributed by atoms with Crippen LogP contribution in [0.15, 0.2) is 0 Å². The van der Waals surface area contributed by atoms with Gasteiger partial charge >= 0.3 is 5.97 Å². The van der Waals surface area contributed by atoms with Gasteiger partial charge in [0.15, 0.2) is 6.10 Å². The van der Waals surface area contributed by atoms with Crippen molar-refractivity contribution < 1.29 is 19.4 Å². The van der Waals surface area contributed by atoms with Crippen molar-refractivity contribution in [2.75, 3.05) is 0 Å². The third-order valence-corrected chi connectivity index (χ3v) is 1.19. The van der Waals surface area contributed by atoms with Gasteiger partial charge in [0.05, 0.1) is 0 Å². The summed E-state index contributed by atoms with van der Waals surface area (Å²) in [5.41, 5.74) is 0. The van der Waals surface area contributed by atoms with E-state index in [-0.39, 0.29) is 0 Å². The van der Waals surface area contributed by atoms with Crippen molar-refractivity contribution in [3.05, 3.63) is 0 Å². The highest BCUT2D eigenvalue weighted by atomic mass is 16.6. The van der Waals surface area contributed by atoms with E-state index in [2.05, 4.69) is 4.74 Å². The van der Waals surface area contributed by atoms with Gasteiger partial charge in [-0.2, -0.15) is 0 Å². The summed E-state index contributed by atoms with van der Waals surface area (Å²) in [7, 11) is 0. The number of hydrogen-bond donors (Lipinski definition) is 1. The molecule has 0 aromatic carbocycles. The first-order chi connectivity index (χ1) is 4.13. The number of rotatable bonds is 0. The molecule has 1 rings (SSSR count). The number of Topliss-reactive ketones (excluding diaryl/α,β-unsaturated/α-hetero) is 1. The number of cyclic esters (lactones) is 1. The molecular weight excluding hydrogens is 124 g/mol. The Labute approximate surface area is 51.4 Å². The summed E-state index contributed by atoms with van der Waals surface area (Å²) in [5.74, 6) is -1.40. The summed E-state index contributed by atoms with van der Waals surface area (Å²) in [6.07, 6.45) is -2.31. The second-order valence-corrected chi connectivity index (χ2v) is 1.88. The van der Waals surface area contributed by atoms with Gasteiger partial charge in [0.2, 0.25) is 11.9 Å². The molecule has 0 bridgehead atoms. The van der Waals surface area contributed by atoms with Gasteiger partial charge in [-0.1, -0.05) is 0 Å². The molecule has 0 radical (unpaired) electrons. The normalized spacial score (nSPS) is 34.9. The molecule has 1 aliphatic heterocycles. The zero-order valence-corrected chi connectivity index (χ0v) is 4.83. The summed E-state index contributed by atoms with van der Waals surface area (Å²) in [5, 5.41) is 8.61. The van der Waals surface area contributed by atoms with Crippen LogP contribution in [0.1, 0.15) is 6.92 Å². The minimum Gasteiger partial charge on any atom is -0.452 e. The van der Waals surface area contributed by atoms with Gasteiger partial charge < -0.3 is 9.84 Å². The van der Waals surface area contributed by atoms with Gasteiger partial charge in [-0.25, -0.2) is 4.79 Å². The molecule has 0 spiro atoms. The van der Waals surface area contributed by atoms with E-state index in [9.17, 15) is 9.59 Å². The first-order valence-corrected chi connectivity index (χ1v) is 2.55. The lowest BCUT2D eigenvalue weighted by Crippen LogP contribution is -2.23. The van der Waals surface area contributed by atoms with Crippen LogP contribution >= 0.6 is 0 Å².